The fraction of sp³-hybridized carbons (Fsp3) is 0.308. The first-order valence-electron chi connectivity index (χ1n) is 11.4. The van der Waals surface area contributed by atoms with Crippen LogP contribution in [0.2, 0.25) is 0 Å². The number of sulfonamides is 1. The van der Waals surface area contributed by atoms with Crippen molar-refractivity contribution in [1.82, 2.24) is 4.90 Å². The van der Waals surface area contributed by atoms with E-state index in [2.05, 4.69) is 4.90 Å². The predicted octanol–water partition coefficient (Wildman–Crippen LogP) is 5.07. The second-order valence-corrected chi connectivity index (χ2v) is 10.7. The van der Waals surface area contributed by atoms with E-state index < -0.39 is 10.0 Å². The molecule has 1 saturated heterocycles. The number of aryl methyl sites for hydroxylation is 2. The van der Waals surface area contributed by atoms with Crippen molar-refractivity contribution in [2.45, 2.75) is 44.2 Å². The zero-order chi connectivity index (χ0) is 24.3. The van der Waals surface area contributed by atoms with E-state index in [0.29, 0.717) is 43.7 Å². The minimum atomic E-state index is -3.75. The van der Waals surface area contributed by atoms with Crippen LogP contribution < -0.4 is 4.31 Å². The molecule has 0 amide bonds. The number of nitro benzene ring substituents is 1. The Bertz CT molecular complexity index is 1250. The normalized spacial score (nSPS) is 15.2. The molecule has 0 aliphatic carbocycles. The van der Waals surface area contributed by atoms with Gasteiger partial charge in [-0.1, -0.05) is 53.6 Å². The van der Waals surface area contributed by atoms with Crippen molar-refractivity contribution < 1.29 is 13.3 Å². The van der Waals surface area contributed by atoms with Gasteiger partial charge in [0.1, 0.15) is 0 Å². The Morgan fingerprint density at radius 1 is 0.912 bits per heavy atom. The summed E-state index contributed by atoms with van der Waals surface area (Å²) in [6.07, 6.45) is 1.28. The molecule has 1 aliphatic rings. The average molecular weight is 480 g/mol. The lowest BCUT2D eigenvalue weighted by Crippen LogP contribution is -2.47. The maximum Gasteiger partial charge on any atom is 0.273 e. The van der Waals surface area contributed by atoms with E-state index in [1.54, 1.807) is 28.6 Å². The molecule has 0 atom stereocenters. The molecule has 34 heavy (non-hydrogen) atoms. The topological polar surface area (TPSA) is 83.8 Å². The van der Waals surface area contributed by atoms with Crippen molar-refractivity contribution in [3.63, 3.8) is 0 Å². The fourth-order valence-electron chi connectivity index (χ4n) is 4.44. The number of benzene rings is 3. The van der Waals surface area contributed by atoms with Gasteiger partial charge < -0.3 is 0 Å². The van der Waals surface area contributed by atoms with Gasteiger partial charge in [-0.15, -0.1) is 0 Å². The summed E-state index contributed by atoms with van der Waals surface area (Å²) in [6, 6.07) is 21.1. The van der Waals surface area contributed by atoms with Crippen molar-refractivity contribution in [2.24, 2.45) is 0 Å². The van der Waals surface area contributed by atoms with Crippen molar-refractivity contribution in [3.05, 3.63) is 99.6 Å². The molecule has 3 aromatic rings. The molecule has 0 unspecified atom stereocenters. The highest BCUT2D eigenvalue weighted by Gasteiger charge is 2.34. The van der Waals surface area contributed by atoms with Gasteiger partial charge in [0.25, 0.3) is 15.7 Å². The first-order valence-corrected chi connectivity index (χ1v) is 12.8. The van der Waals surface area contributed by atoms with Gasteiger partial charge in [0.2, 0.25) is 0 Å². The van der Waals surface area contributed by atoms with Crippen LogP contribution in [0.15, 0.2) is 77.7 Å². The van der Waals surface area contributed by atoms with Gasteiger partial charge in [0.05, 0.1) is 15.5 Å². The van der Waals surface area contributed by atoms with Crippen LogP contribution in [0.4, 0.5) is 11.4 Å². The monoisotopic (exact) mass is 479 g/mol. The number of likely N-dealkylation sites (tertiary alicyclic amines) is 1. The largest absolute Gasteiger partial charge is 0.299 e. The minimum absolute atomic E-state index is 0.118. The Morgan fingerprint density at radius 3 is 2.06 bits per heavy atom. The van der Waals surface area contributed by atoms with Crippen molar-refractivity contribution in [2.75, 3.05) is 17.4 Å². The summed E-state index contributed by atoms with van der Waals surface area (Å²) in [5.41, 5.74) is 3.52. The molecular formula is C26H29N3O4S. The number of para-hydroxylation sites is 1. The molecule has 1 heterocycles. The maximum absolute atomic E-state index is 13.8. The highest BCUT2D eigenvalue weighted by atomic mass is 32.2. The van der Waals surface area contributed by atoms with E-state index in [9.17, 15) is 18.5 Å². The SMILES string of the molecule is Cc1ccc(N(C2CCN(Cc3ccccc3[N+](=O)[O-])CC2)S(=O)(=O)c2ccc(C)cc2)cc1. The molecule has 0 spiro atoms. The molecule has 0 bridgehead atoms. The van der Waals surface area contributed by atoms with E-state index in [1.807, 2.05) is 56.3 Å². The van der Waals surface area contributed by atoms with Crippen molar-refractivity contribution >= 4 is 21.4 Å². The summed E-state index contributed by atoms with van der Waals surface area (Å²) < 4.78 is 29.1. The van der Waals surface area contributed by atoms with E-state index in [4.69, 9.17) is 0 Å². The van der Waals surface area contributed by atoms with Crippen LogP contribution in [0.1, 0.15) is 29.5 Å². The van der Waals surface area contributed by atoms with Crippen LogP contribution in [0.5, 0.6) is 0 Å². The van der Waals surface area contributed by atoms with Crippen LogP contribution >= 0.6 is 0 Å². The Labute approximate surface area is 200 Å². The van der Waals surface area contributed by atoms with Gasteiger partial charge in [-0.3, -0.25) is 19.3 Å². The molecule has 0 aromatic heterocycles. The van der Waals surface area contributed by atoms with Crippen molar-refractivity contribution in [1.29, 1.82) is 0 Å². The highest BCUT2D eigenvalue weighted by Crippen LogP contribution is 2.31. The smallest absolute Gasteiger partial charge is 0.273 e. The Morgan fingerprint density at radius 2 is 1.47 bits per heavy atom. The zero-order valence-corrected chi connectivity index (χ0v) is 20.2. The Kier molecular flexibility index (Phi) is 7.00. The summed E-state index contributed by atoms with van der Waals surface area (Å²) in [7, 11) is -3.75. The number of nitro groups is 1. The summed E-state index contributed by atoms with van der Waals surface area (Å²) in [6.45, 7) is 5.69. The fourth-order valence-corrected chi connectivity index (χ4v) is 6.15. The molecule has 4 rings (SSSR count). The van der Waals surface area contributed by atoms with E-state index >= 15 is 0 Å². The summed E-state index contributed by atoms with van der Waals surface area (Å²) >= 11 is 0. The lowest BCUT2D eigenvalue weighted by Gasteiger charge is -2.39. The maximum atomic E-state index is 13.8. The molecule has 7 nitrogen and oxygen atoms in total. The first-order chi connectivity index (χ1) is 16.3. The number of hydrogen-bond acceptors (Lipinski definition) is 5. The molecule has 8 heteroatoms. The molecular weight excluding hydrogens is 450 g/mol. The standard InChI is InChI=1S/C26H29N3O4S/c1-20-7-11-23(12-8-20)28(34(32,33)25-13-9-21(2)10-14-25)24-15-17-27(18-16-24)19-22-5-3-4-6-26(22)29(30)31/h3-14,24H,15-19H2,1-2H3. The molecule has 178 valence electrons. The van der Waals surface area contributed by atoms with E-state index in [1.165, 1.54) is 6.07 Å². The van der Waals surface area contributed by atoms with Crippen LogP contribution in [0.25, 0.3) is 0 Å². The number of piperidine rings is 1. The predicted molar refractivity (Wildman–Crippen MR) is 133 cm³/mol. The number of rotatable bonds is 7. The van der Waals surface area contributed by atoms with E-state index in [0.717, 1.165) is 11.1 Å². The van der Waals surface area contributed by atoms with Crippen LogP contribution in [-0.4, -0.2) is 37.4 Å². The third-order valence-corrected chi connectivity index (χ3v) is 8.23. The molecule has 1 fully saturated rings. The average Bonchev–Trinajstić information content (AvgIpc) is 2.82. The zero-order valence-electron chi connectivity index (χ0n) is 19.4. The second kappa shape index (κ2) is 9.95. The van der Waals surface area contributed by atoms with Crippen molar-refractivity contribution in [3.8, 4) is 0 Å². The number of anilines is 1. The molecule has 3 aromatic carbocycles. The van der Waals surface area contributed by atoms with Gasteiger partial charge in [-0.05, 0) is 51.0 Å². The molecule has 0 saturated carbocycles. The number of hydrogen-bond donors (Lipinski definition) is 0. The molecule has 0 radical (unpaired) electrons. The molecule has 1 aliphatic heterocycles. The first kappa shape index (κ1) is 23.9. The van der Waals surface area contributed by atoms with Gasteiger partial charge in [0, 0.05) is 37.3 Å². The van der Waals surface area contributed by atoms with E-state index in [-0.39, 0.29) is 21.5 Å². The minimum Gasteiger partial charge on any atom is -0.299 e. The summed E-state index contributed by atoms with van der Waals surface area (Å²) in [5.74, 6) is 0. The van der Waals surface area contributed by atoms with Gasteiger partial charge in [-0.2, -0.15) is 0 Å². The quantitative estimate of drug-likeness (QED) is 0.349. The van der Waals surface area contributed by atoms with Gasteiger partial charge in [0.15, 0.2) is 0 Å². The number of nitrogens with zero attached hydrogens (tertiary/aromatic N) is 3. The third-order valence-electron chi connectivity index (χ3n) is 6.34. The second-order valence-electron chi connectivity index (χ2n) is 8.84. The Balaban J connectivity index is 1.57. The van der Waals surface area contributed by atoms with Crippen LogP contribution in [-0.2, 0) is 16.6 Å². The molecule has 0 N–H and O–H groups in total. The van der Waals surface area contributed by atoms with Crippen LogP contribution in [0.3, 0.4) is 0 Å². The third kappa shape index (κ3) is 5.13. The summed E-state index contributed by atoms with van der Waals surface area (Å²) in [4.78, 5) is 13.4. The highest BCUT2D eigenvalue weighted by molar-refractivity contribution is 7.92. The lowest BCUT2D eigenvalue weighted by atomic mass is 10.0. The lowest BCUT2D eigenvalue weighted by molar-refractivity contribution is -0.385. The Hall–Kier alpha value is -3.23. The summed E-state index contributed by atoms with van der Waals surface area (Å²) in [5, 5.41) is 11.4. The van der Waals surface area contributed by atoms with Gasteiger partial charge >= 0.3 is 0 Å². The van der Waals surface area contributed by atoms with Gasteiger partial charge in [-0.25, -0.2) is 8.42 Å². The van der Waals surface area contributed by atoms with Crippen LogP contribution in [0, 0.1) is 24.0 Å².